The molecule has 0 spiro atoms. The van der Waals surface area contributed by atoms with E-state index in [9.17, 15) is 8.42 Å². The Morgan fingerprint density at radius 3 is 2.08 bits per heavy atom. The minimum atomic E-state index is -3.93. The van der Waals surface area contributed by atoms with Crippen LogP contribution in [0, 0.1) is 0 Å². The second kappa shape index (κ2) is 8.75. The predicted molar refractivity (Wildman–Crippen MR) is 48.4 cm³/mol. The Balaban J connectivity index is -0.000000605. The second-order valence-electron chi connectivity index (χ2n) is 2.65. The summed E-state index contributed by atoms with van der Waals surface area (Å²) in [6, 6.07) is 0. The van der Waals surface area contributed by atoms with Crippen molar-refractivity contribution in [3.05, 3.63) is 0 Å². The molecular weight excluding hydrogens is 219 g/mol. The van der Waals surface area contributed by atoms with Crippen molar-refractivity contribution in [2.75, 3.05) is 13.1 Å². The Hall–Kier alpha value is 1.47. The van der Waals surface area contributed by atoms with Gasteiger partial charge in [-0.05, 0) is 32.4 Å². The largest absolute Gasteiger partial charge is 1.00 e. The van der Waals surface area contributed by atoms with E-state index >= 15 is 0 Å². The minimum absolute atomic E-state index is 0. The van der Waals surface area contributed by atoms with Gasteiger partial charge in [0.25, 0.3) is 10.1 Å². The van der Waals surface area contributed by atoms with Crippen LogP contribution in [0.15, 0.2) is 0 Å². The molecule has 0 amide bonds. The molecule has 0 aliphatic carbocycles. The van der Waals surface area contributed by atoms with E-state index < -0.39 is 15.4 Å². The van der Waals surface area contributed by atoms with Crippen LogP contribution in [0.5, 0.6) is 0 Å². The van der Waals surface area contributed by atoms with E-state index in [0.29, 0.717) is 25.8 Å². The Kier molecular flexibility index (Phi) is 11.4. The van der Waals surface area contributed by atoms with E-state index in [4.69, 9.17) is 16.0 Å². The molecular formula is C6H17KN2O3S. The van der Waals surface area contributed by atoms with Gasteiger partial charge in [-0.3, -0.25) is 4.55 Å². The zero-order valence-corrected chi connectivity index (χ0v) is 11.9. The van der Waals surface area contributed by atoms with Crippen molar-refractivity contribution in [1.82, 2.24) is 0 Å². The molecule has 5 N–H and O–H groups in total. The first-order valence-corrected chi connectivity index (χ1v) is 5.39. The van der Waals surface area contributed by atoms with Crippen molar-refractivity contribution in [3.8, 4) is 0 Å². The first-order chi connectivity index (χ1) is 5.52. The molecule has 0 aliphatic rings. The molecule has 1 unspecified atom stereocenters. The second-order valence-corrected chi connectivity index (χ2v) is 4.34. The van der Waals surface area contributed by atoms with Crippen LogP contribution in [-0.4, -0.2) is 31.3 Å². The SMILES string of the molecule is NCCCC(CCN)S(=O)(=O)O.[H-].[K+]. The monoisotopic (exact) mass is 236 g/mol. The van der Waals surface area contributed by atoms with Gasteiger partial charge in [0.15, 0.2) is 0 Å². The molecule has 0 fully saturated rings. The first kappa shape index (κ1) is 16.9. The van der Waals surface area contributed by atoms with E-state index in [2.05, 4.69) is 0 Å². The summed E-state index contributed by atoms with van der Waals surface area (Å²) in [4.78, 5) is 0. The maximum atomic E-state index is 10.7. The number of hydrogen-bond acceptors (Lipinski definition) is 4. The van der Waals surface area contributed by atoms with Crippen molar-refractivity contribution in [3.63, 3.8) is 0 Å². The summed E-state index contributed by atoms with van der Waals surface area (Å²) in [5, 5.41) is -0.744. The quantitative estimate of drug-likeness (QED) is 0.327. The van der Waals surface area contributed by atoms with Crippen molar-refractivity contribution in [2.24, 2.45) is 11.5 Å². The molecule has 76 valence electrons. The molecule has 0 heterocycles. The average molecular weight is 236 g/mol. The third-order valence-corrected chi connectivity index (χ3v) is 2.95. The van der Waals surface area contributed by atoms with Crippen molar-refractivity contribution in [1.29, 1.82) is 0 Å². The van der Waals surface area contributed by atoms with Gasteiger partial charge in [0.1, 0.15) is 0 Å². The van der Waals surface area contributed by atoms with E-state index in [0.717, 1.165) is 0 Å². The topological polar surface area (TPSA) is 106 Å². The van der Waals surface area contributed by atoms with Gasteiger partial charge in [0.05, 0.1) is 5.25 Å². The minimum Gasteiger partial charge on any atom is -1.00 e. The van der Waals surface area contributed by atoms with Crippen molar-refractivity contribution < 1.29 is 65.8 Å². The summed E-state index contributed by atoms with van der Waals surface area (Å²) in [5.74, 6) is 0. The molecule has 13 heavy (non-hydrogen) atoms. The summed E-state index contributed by atoms with van der Waals surface area (Å²) < 4.78 is 30.1. The number of nitrogens with two attached hydrogens (primary N) is 2. The Bertz CT molecular complexity index is 213. The fourth-order valence-electron chi connectivity index (χ4n) is 0.974. The zero-order chi connectivity index (χ0) is 9.61. The Morgan fingerprint density at radius 2 is 1.77 bits per heavy atom. The summed E-state index contributed by atoms with van der Waals surface area (Å²) in [7, 11) is -3.93. The number of hydrogen-bond donors (Lipinski definition) is 3. The molecule has 0 saturated heterocycles. The van der Waals surface area contributed by atoms with Crippen molar-refractivity contribution >= 4 is 10.1 Å². The predicted octanol–water partition coefficient (Wildman–Crippen LogP) is -3.55. The first-order valence-electron chi connectivity index (χ1n) is 3.88. The van der Waals surface area contributed by atoms with Crippen LogP contribution in [0.1, 0.15) is 20.7 Å². The molecule has 0 aliphatic heterocycles. The van der Waals surface area contributed by atoms with Crippen LogP contribution in [0.25, 0.3) is 0 Å². The number of rotatable bonds is 6. The molecule has 7 heteroatoms. The third-order valence-electron chi connectivity index (χ3n) is 1.64. The molecule has 0 radical (unpaired) electrons. The van der Waals surface area contributed by atoms with Gasteiger partial charge in [-0.2, -0.15) is 8.42 Å². The van der Waals surface area contributed by atoms with Gasteiger partial charge in [0.2, 0.25) is 0 Å². The standard InChI is InChI=1S/C6H16N2O3S.K.H/c7-4-1-2-6(3-5-8)12(9,10)11;;/h6H,1-5,7-8H2,(H,9,10,11);;/q;+1;-1. The molecule has 1 atom stereocenters. The Morgan fingerprint density at radius 1 is 1.23 bits per heavy atom. The van der Waals surface area contributed by atoms with Crippen LogP contribution in [0.3, 0.4) is 0 Å². The van der Waals surface area contributed by atoms with Gasteiger partial charge in [0, 0.05) is 0 Å². The van der Waals surface area contributed by atoms with Gasteiger partial charge < -0.3 is 12.9 Å². The van der Waals surface area contributed by atoms with Crippen LogP contribution in [-0.2, 0) is 10.1 Å². The van der Waals surface area contributed by atoms with Gasteiger partial charge >= 0.3 is 51.4 Å². The van der Waals surface area contributed by atoms with Crippen LogP contribution in [0.4, 0.5) is 0 Å². The summed E-state index contributed by atoms with van der Waals surface area (Å²) in [6.45, 7) is 0.686. The van der Waals surface area contributed by atoms with E-state index in [1.807, 2.05) is 0 Å². The normalized spacial score (nSPS) is 13.5. The smallest absolute Gasteiger partial charge is 1.00 e. The van der Waals surface area contributed by atoms with Crippen LogP contribution < -0.4 is 62.9 Å². The zero-order valence-electron chi connectivity index (χ0n) is 8.94. The maximum Gasteiger partial charge on any atom is 1.00 e. The molecule has 0 aromatic heterocycles. The van der Waals surface area contributed by atoms with Gasteiger partial charge in [-0.15, -0.1) is 0 Å². The average Bonchev–Trinajstić information content (AvgIpc) is 1.95. The maximum absolute atomic E-state index is 10.7. The molecule has 0 rings (SSSR count). The van der Waals surface area contributed by atoms with Crippen molar-refractivity contribution in [2.45, 2.75) is 24.5 Å². The fraction of sp³-hybridized carbons (Fsp3) is 1.00. The van der Waals surface area contributed by atoms with Crippen LogP contribution >= 0.6 is 0 Å². The van der Waals surface area contributed by atoms with E-state index in [1.165, 1.54) is 0 Å². The van der Waals surface area contributed by atoms with Crippen LogP contribution in [0.2, 0.25) is 0 Å². The molecule has 0 aromatic carbocycles. The molecule has 5 nitrogen and oxygen atoms in total. The molecule has 0 saturated carbocycles. The molecule has 0 aromatic rings. The summed E-state index contributed by atoms with van der Waals surface area (Å²) >= 11 is 0. The van der Waals surface area contributed by atoms with E-state index in [1.54, 1.807) is 0 Å². The molecule has 0 bridgehead atoms. The summed E-state index contributed by atoms with van der Waals surface area (Å²) in [6.07, 6.45) is 1.26. The van der Waals surface area contributed by atoms with Gasteiger partial charge in [-0.25, -0.2) is 0 Å². The fourth-order valence-corrected chi connectivity index (χ4v) is 1.87. The Labute approximate surface area is 123 Å². The van der Waals surface area contributed by atoms with Gasteiger partial charge in [-0.1, -0.05) is 0 Å². The summed E-state index contributed by atoms with van der Waals surface area (Å²) in [5.41, 5.74) is 10.4. The third kappa shape index (κ3) is 8.46. The van der Waals surface area contributed by atoms with E-state index in [-0.39, 0.29) is 59.4 Å².